The molecule has 6 nitrogen and oxygen atoms in total. The highest BCUT2D eigenvalue weighted by Crippen LogP contribution is 2.32. The van der Waals surface area contributed by atoms with Gasteiger partial charge in [0.05, 0.1) is 25.3 Å². The molecule has 2 aromatic rings. The van der Waals surface area contributed by atoms with E-state index in [0.717, 1.165) is 6.07 Å². The van der Waals surface area contributed by atoms with Crippen LogP contribution in [0.2, 0.25) is 0 Å². The largest absolute Gasteiger partial charge is 0.489 e. The summed E-state index contributed by atoms with van der Waals surface area (Å²) in [6, 6.07) is 7.42. The highest BCUT2D eigenvalue weighted by Gasteiger charge is 2.34. The highest BCUT2D eigenvalue weighted by atomic mass is 19.4. The SMILES string of the molecule is CC(C)(C)OC(=O)N(CCO)Cc1cc(C#CCCO)ccc1OCc1ccc(F)c(C(F)(F)F)c1. The topological polar surface area (TPSA) is 79.2 Å². The molecule has 2 N–H and O–H groups in total. The fourth-order valence-corrected chi connectivity index (χ4v) is 3.07. The Kier molecular flexibility index (Phi) is 10.1. The summed E-state index contributed by atoms with van der Waals surface area (Å²) in [5, 5.41) is 18.4. The molecule has 0 unspecified atom stereocenters. The molecule has 1 amide bonds. The number of hydrogen-bond acceptors (Lipinski definition) is 5. The zero-order valence-electron chi connectivity index (χ0n) is 20.3. The third kappa shape index (κ3) is 9.06. The van der Waals surface area contributed by atoms with E-state index in [1.54, 1.807) is 39.0 Å². The summed E-state index contributed by atoms with van der Waals surface area (Å²) < 4.78 is 63.9. The summed E-state index contributed by atoms with van der Waals surface area (Å²) >= 11 is 0. The van der Waals surface area contributed by atoms with Crippen LogP contribution >= 0.6 is 0 Å². The molecule has 36 heavy (non-hydrogen) atoms. The van der Waals surface area contributed by atoms with Gasteiger partial charge in [0.1, 0.15) is 23.8 Å². The molecule has 2 rings (SSSR count). The monoisotopic (exact) mass is 511 g/mol. The summed E-state index contributed by atoms with van der Waals surface area (Å²) in [5.41, 5.74) is -1.05. The molecule has 0 saturated heterocycles. The molecule has 0 aromatic heterocycles. The predicted octanol–water partition coefficient (Wildman–Crippen LogP) is 4.89. The van der Waals surface area contributed by atoms with E-state index in [2.05, 4.69) is 11.8 Å². The molecule has 0 fully saturated rings. The number of alkyl halides is 3. The average molecular weight is 512 g/mol. The maximum absolute atomic E-state index is 13.6. The van der Waals surface area contributed by atoms with Crippen molar-refractivity contribution in [2.45, 2.75) is 52.1 Å². The lowest BCUT2D eigenvalue weighted by Crippen LogP contribution is -2.38. The number of rotatable bonds is 8. The van der Waals surface area contributed by atoms with E-state index in [4.69, 9.17) is 14.6 Å². The van der Waals surface area contributed by atoms with Gasteiger partial charge in [0, 0.05) is 24.1 Å². The van der Waals surface area contributed by atoms with Gasteiger partial charge in [-0.1, -0.05) is 17.9 Å². The summed E-state index contributed by atoms with van der Waals surface area (Å²) in [4.78, 5) is 13.9. The Balaban J connectivity index is 2.36. The van der Waals surface area contributed by atoms with Gasteiger partial charge in [-0.05, 0) is 56.7 Å². The van der Waals surface area contributed by atoms with Crippen LogP contribution in [0.1, 0.15) is 49.4 Å². The minimum Gasteiger partial charge on any atom is -0.489 e. The molecule has 0 atom stereocenters. The van der Waals surface area contributed by atoms with E-state index in [-0.39, 0.29) is 50.6 Å². The van der Waals surface area contributed by atoms with Gasteiger partial charge >= 0.3 is 12.3 Å². The molecular formula is C26H29F4NO5. The van der Waals surface area contributed by atoms with Crippen molar-refractivity contribution in [2.75, 3.05) is 19.8 Å². The van der Waals surface area contributed by atoms with Gasteiger partial charge in [-0.3, -0.25) is 0 Å². The number of aliphatic hydroxyl groups excluding tert-OH is 2. The zero-order chi connectivity index (χ0) is 26.9. The lowest BCUT2D eigenvalue weighted by Gasteiger charge is -2.27. The third-order valence-electron chi connectivity index (χ3n) is 4.64. The van der Waals surface area contributed by atoms with Crippen molar-refractivity contribution in [1.29, 1.82) is 0 Å². The Bertz CT molecular complexity index is 1100. The van der Waals surface area contributed by atoms with Crippen LogP contribution in [0.15, 0.2) is 36.4 Å². The van der Waals surface area contributed by atoms with Crippen molar-refractivity contribution >= 4 is 6.09 Å². The van der Waals surface area contributed by atoms with Crippen molar-refractivity contribution in [1.82, 2.24) is 4.90 Å². The molecule has 0 heterocycles. The van der Waals surface area contributed by atoms with E-state index in [1.807, 2.05) is 0 Å². The van der Waals surface area contributed by atoms with Gasteiger partial charge in [-0.25, -0.2) is 9.18 Å². The molecule has 2 aromatic carbocycles. The first kappa shape index (κ1) is 28.9. The van der Waals surface area contributed by atoms with Crippen LogP contribution in [0, 0.1) is 17.7 Å². The summed E-state index contributed by atoms with van der Waals surface area (Å²) in [6.07, 6.45) is -5.26. The predicted molar refractivity (Wildman–Crippen MR) is 124 cm³/mol. The van der Waals surface area contributed by atoms with Crippen LogP contribution in [0.4, 0.5) is 22.4 Å². The van der Waals surface area contributed by atoms with Crippen LogP contribution in [0.3, 0.4) is 0 Å². The second-order valence-electron chi connectivity index (χ2n) is 8.82. The second kappa shape index (κ2) is 12.6. The first-order valence-electron chi connectivity index (χ1n) is 11.1. The number of carbonyl (C=O) groups is 1. The molecule has 10 heteroatoms. The molecule has 0 bridgehead atoms. The number of aliphatic hydroxyl groups is 2. The van der Waals surface area contributed by atoms with Gasteiger partial charge in [0.15, 0.2) is 0 Å². The van der Waals surface area contributed by atoms with Crippen LogP contribution in [-0.4, -0.2) is 46.6 Å². The van der Waals surface area contributed by atoms with E-state index in [9.17, 15) is 27.5 Å². The number of ether oxygens (including phenoxy) is 2. The maximum Gasteiger partial charge on any atom is 0.419 e. The number of amides is 1. The normalized spacial score (nSPS) is 11.5. The van der Waals surface area contributed by atoms with Crippen molar-refractivity contribution in [3.8, 4) is 17.6 Å². The smallest absolute Gasteiger partial charge is 0.419 e. The number of halogens is 4. The van der Waals surface area contributed by atoms with Crippen molar-refractivity contribution in [3.63, 3.8) is 0 Å². The lowest BCUT2D eigenvalue weighted by atomic mass is 10.1. The van der Waals surface area contributed by atoms with Crippen molar-refractivity contribution in [3.05, 3.63) is 64.5 Å². The Hall–Kier alpha value is -3.29. The van der Waals surface area contributed by atoms with Crippen molar-refractivity contribution < 1.29 is 42.0 Å². The van der Waals surface area contributed by atoms with Gasteiger partial charge in [0.2, 0.25) is 0 Å². The van der Waals surface area contributed by atoms with E-state index in [1.165, 1.54) is 11.0 Å². The fourth-order valence-electron chi connectivity index (χ4n) is 3.07. The molecule has 0 spiro atoms. The molecular weight excluding hydrogens is 482 g/mol. The fraction of sp³-hybridized carbons (Fsp3) is 0.423. The van der Waals surface area contributed by atoms with Crippen LogP contribution in [0.5, 0.6) is 5.75 Å². The first-order chi connectivity index (χ1) is 16.8. The van der Waals surface area contributed by atoms with Gasteiger partial charge in [0.25, 0.3) is 0 Å². The quantitative estimate of drug-likeness (QED) is 0.390. The Morgan fingerprint density at radius 2 is 1.78 bits per heavy atom. The number of benzene rings is 2. The second-order valence-corrected chi connectivity index (χ2v) is 8.82. The molecule has 0 radical (unpaired) electrons. The molecule has 0 aliphatic heterocycles. The first-order valence-corrected chi connectivity index (χ1v) is 11.1. The highest BCUT2D eigenvalue weighted by molar-refractivity contribution is 5.68. The molecule has 0 aliphatic rings. The molecule has 0 saturated carbocycles. The average Bonchev–Trinajstić information content (AvgIpc) is 2.77. The Labute approximate surface area is 207 Å². The summed E-state index contributed by atoms with van der Waals surface area (Å²) in [6.45, 7) is 4.28. The minimum atomic E-state index is -4.85. The van der Waals surface area contributed by atoms with Gasteiger partial charge in [-0.2, -0.15) is 13.2 Å². The molecule has 0 aliphatic carbocycles. The number of nitrogens with zero attached hydrogens (tertiary/aromatic N) is 1. The van der Waals surface area contributed by atoms with Crippen LogP contribution < -0.4 is 4.74 Å². The zero-order valence-corrected chi connectivity index (χ0v) is 20.3. The van der Waals surface area contributed by atoms with Crippen molar-refractivity contribution in [2.24, 2.45) is 0 Å². The van der Waals surface area contributed by atoms with Gasteiger partial charge in [-0.15, -0.1) is 0 Å². The third-order valence-corrected chi connectivity index (χ3v) is 4.64. The summed E-state index contributed by atoms with van der Waals surface area (Å²) in [7, 11) is 0. The summed E-state index contributed by atoms with van der Waals surface area (Å²) in [5.74, 6) is 4.54. The van der Waals surface area contributed by atoms with E-state index in [0.29, 0.717) is 17.2 Å². The minimum absolute atomic E-state index is 0.0400. The number of hydrogen-bond donors (Lipinski definition) is 2. The van der Waals surface area contributed by atoms with Crippen LogP contribution in [0.25, 0.3) is 0 Å². The number of carbonyl (C=O) groups excluding carboxylic acids is 1. The Morgan fingerprint density at radius 3 is 2.39 bits per heavy atom. The standard InChI is InChI=1S/C26H29F4NO5/c1-25(2,3)36-24(34)31(11-13-33)16-20-14-18(6-4-5-12-32)8-10-23(20)35-17-19-7-9-22(27)21(15-19)26(28,29)30/h7-10,14-15,32-33H,5,11-13,16-17H2,1-3H3. The van der Waals surface area contributed by atoms with E-state index < -0.39 is 29.3 Å². The lowest BCUT2D eigenvalue weighted by molar-refractivity contribution is -0.140. The molecule has 196 valence electrons. The van der Waals surface area contributed by atoms with Gasteiger partial charge < -0.3 is 24.6 Å². The maximum atomic E-state index is 13.6. The Morgan fingerprint density at radius 1 is 1.06 bits per heavy atom. The van der Waals surface area contributed by atoms with E-state index >= 15 is 0 Å². The van der Waals surface area contributed by atoms with Crippen LogP contribution in [-0.2, 0) is 24.1 Å².